The van der Waals surface area contributed by atoms with Gasteiger partial charge in [0.05, 0.1) is 29.4 Å². The number of aliphatic carboxylic acids is 1. The lowest BCUT2D eigenvalue weighted by Gasteiger charge is -2.22. The first-order valence-corrected chi connectivity index (χ1v) is 11.7. The summed E-state index contributed by atoms with van der Waals surface area (Å²) >= 11 is 6.12. The van der Waals surface area contributed by atoms with Crippen LogP contribution in [0.25, 0.3) is 35.2 Å². The average Bonchev–Trinajstić information content (AvgIpc) is 3.02. The number of pyridine rings is 2. The summed E-state index contributed by atoms with van der Waals surface area (Å²) in [5.41, 5.74) is 6.35. The molecule has 0 saturated heterocycles. The van der Waals surface area contributed by atoms with Gasteiger partial charge in [-0.15, -0.1) is 0 Å². The number of hydrogen-bond acceptors (Lipinski definition) is 4. The number of nitrogens with zero attached hydrogens (tertiary/aromatic N) is 2. The number of benzene rings is 2. The lowest BCUT2D eigenvalue weighted by molar-refractivity contribution is -0.143. The first kappa shape index (κ1) is 23.0. The van der Waals surface area contributed by atoms with Gasteiger partial charge in [0.25, 0.3) is 0 Å². The highest BCUT2D eigenvalue weighted by Crippen LogP contribution is 2.36. The number of carbonyl (C=O) groups is 1. The second kappa shape index (κ2) is 9.82. The Morgan fingerprint density at radius 1 is 1.09 bits per heavy atom. The van der Waals surface area contributed by atoms with Gasteiger partial charge in [0.2, 0.25) is 0 Å². The van der Waals surface area contributed by atoms with Gasteiger partial charge in [-0.2, -0.15) is 0 Å². The van der Waals surface area contributed by atoms with Crippen molar-refractivity contribution in [3.8, 4) is 0 Å². The average molecular weight is 483 g/mol. The van der Waals surface area contributed by atoms with Crippen LogP contribution in [0.1, 0.15) is 46.7 Å². The van der Waals surface area contributed by atoms with E-state index in [4.69, 9.17) is 21.3 Å². The summed E-state index contributed by atoms with van der Waals surface area (Å²) in [6.45, 7) is 1.74. The lowest BCUT2D eigenvalue weighted by atomic mass is 9.95. The molecule has 174 valence electrons. The maximum atomic E-state index is 11.4. The van der Waals surface area contributed by atoms with Crippen molar-refractivity contribution in [2.24, 2.45) is 5.92 Å². The smallest absolute Gasteiger partial charge is 0.308 e. The van der Waals surface area contributed by atoms with Crippen LogP contribution in [0.4, 0.5) is 0 Å². The largest absolute Gasteiger partial charge is 0.481 e. The van der Waals surface area contributed by atoms with Crippen LogP contribution >= 0.6 is 11.6 Å². The van der Waals surface area contributed by atoms with Crippen molar-refractivity contribution in [3.05, 3.63) is 106 Å². The molecule has 35 heavy (non-hydrogen) atoms. The minimum atomic E-state index is -0.885. The summed E-state index contributed by atoms with van der Waals surface area (Å²) in [5, 5.41) is 11.0. The third kappa shape index (κ3) is 5.02. The molecule has 0 saturated carbocycles. The third-order valence-electron chi connectivity index (χ3n) is 6.02. The van der Waals surface area contributed by atoms with E-state index in [1.54, 1.807) is 13.1 Å². The SMILES string of the molecule is CC(COC1c2cc(/C=C/c3ccc4ccc(Cl)cc4n3)ccc2C=Cc2ncccc21)C(=O)O. The lowest BCUT2D eigenvalue weighted by Crippen LogP contribution is -2.19. The highest BCUT2D eigenvalue weighted by atomic mass is 35.5. The molecule has 1 N–H and O–H groups in total. The molecule has 1 aliphatic rings. The van der Waals surface area contributed by atoms with Crippen molar-refractivity contribution in [2.75, 3.05) is 6.61 Å². The van der Waals surface area contributed by atoms with E-state index >= 15 is 0 Å². The Morgan fingerprint density at radius 3 is 2.80 bits per heavy atom. The van der Waals surface area contributed by atoms with Crippen molar-refractivity contribution in [1.82, 2.24) is 9.97 Å². The van der Waals surface area contributed by atoms with Crippen LogP contribution in [0.2, 0.25) is 5.02 Å². The highest BCUT2D eigenvalue weighted by Gasteiger charge is 2.25. The van der Waals surface area contributed by atoms with E-state index in [0.717, 1.165) is 44.5 Å². The zero-order chi connectivity index (χ0) is 24.4. The quantitative estimate of drug-likeness (QED) is 0.328. The minimum absolute atomic E-state index is 0.0947. The van der Waals surface area contributed by atoms with Crippen LogP contribution in [-0.2, 0) is 9.53 Å². The molecule has 2 atom stereocenters. The van der Waals surface area contributed by atoms with Gasteiger partial charge in [-0.1, -0.05) is 54.1 Å². The molecule has 5 nitrogen and oxygen atoms in total. The van der Waals surface area contributed by atoms with E-state index in [1.807, 2.05) is 78.9 Å². The van der Waals surface area contributed by atoms with Gasteiger partial charge in [0.1, 0.15) is 6.10 Å². The van der Waals surface area contributed by atoms with Crippen LogP contribution in [-0.4, -0.2) is 27.7 Å². The molecule has 4 aromatic rings. The summed E-state index contributed by atoms with van der Waals surface area (Å²) < 4.78 is 6.21. The molecule has 0 bridgehead atoms. The molecular weight excluding hydrogens is 460 g/mol. The number of carboxylic acids is 1. The normalized spacial score (nSPS) is 15.5. The molecule has 2 aromatic heterocycles. The fourth-order valence-electron chi connectivity index (χ4n) is 4.07. The topological polar surface area (TPSA) is 72.3 Å². The fourth-order valence-corrected chi connectivity index (χ4v) is 4.24. The maximum absolute atomic E-state index is 11.4. The zero-order valence-corrected chi connectivity index (χ0v) is 19.8. The Morgan fingerprint density at radius 2 is 1.94 bits per heavy atom. The van der Waals surface area contributed by atoms with E-state index in [-0.39, 0.29) is 6.61 Å². The molecule has 2 unspecified atom stereocenters. The number of aromatic nitrogens is 2. The van der Waals surface area contributed by atoms with Gasteiger partial charge in [-0.05, 0) is 66.1 Å². The Balaban J connectivity index is 1.49. The molecule has 0 amide bonds. The number of ether oxygens (including phenoxy) is 1. The maximum Gasteiger partial charge on any atom is 0.308 e. The molecule has 0 aliphatic heterocycles. The van der Waals surface area contributed by atoms with Gasteiger partial charge in [0, 0.05) is 22.2 Å². The summed E-state index contributed by atoms with van der Waals surface area (Å²) in [7, 11) is 0. The van der Waals surface area contributed by atoms with Crippen LogP contribution in [0.15, 0.2) is 66.9 Å². The van der Waals surface area contributed by atoms with Crippen molar-refractivity contribution in [1.29, 1.82) is 0 Å². The Labute approximate surface area is 208 Å². The summed E-state index contributed by atoms with van der Waals surface area (Å²) in [4.78, 5) is 20.6. The molecule has 6 heteroatoms. The van der Waals surface area contributed by atoms with Crippen molar-refractivity contribution in [3.63, 3.8) is 0 Å². The Hall–Kier alpha value is -3.80. The number of carboxylic acid groups (broad SMARTS) is 1. The summed E-state index contributed by atoms with van der Waals surface area (Å²) in [6.07, 6.45) is 9.28. The Kier molecular flexibility index (Phi) is 6.45. The second-order valence-electron chi connectivity index (χ2n) is 8.56. The highest BCUT2D eigenvalue weighted by molar-refractivity contribution is 6.31. The van der Waals surface area contributed by atoms with E-state index in [2.05, 4.69) is 11.1 Å². The van der Waals surface area contributed by atoms with Gasteiger partial charge in [0.15, 0.2) is 0 Å². The van der Waals surface area contributed by atoms with Crippen LogP contribution in [0.5, 0.6) is 0 Å². The molecule has 5 rings (SSSR count). The number of halogens is 1. The first-order chi connectivity index (χ1) is 17.0. The van der Waals surface area contributed by atoms with Gasteiger partial charge in [-0.3, -0.25) is 9.78 Å². The summed E-state index contributed by atoms with van der Waals surface area (Å²) in [5.74, 6) is -1.51. The van der Waals surface area contributed by atoms with Crippen LogP contribution < -0.4 is 0 Å². The number of rotatable bonds is 6. The van der Waals surface area contributed by atoms with E-state index in [0.29, 0.717) is 5.02 Å². The molecule has 0 radical (unpaired) electrons. The van der Waals surface area contributed by atoms with E-state index in [1.165, 1.54) is 0 Å². The minimum Gasteiger partial charge on any atom is -0.481 e. The van der Waals surface area contributed by atoms with E-state index < -0.39 is 18.0 Å². The molecule has 2 aromatic carbocycles. The second-order valence-corrected chi connectivity index (χ2v) is 9.00. The van der Waals surface area contributed by atoms with Crippen molar-refractivity contribution >= 4 is 52.8 Å². The molecule has 0 fully saturated rings. The molecule has 0 spiro atoms. The first-order valence-electron chi connectivity index (χ1n) is 11.3. The Bertz CT molecular complexity index is 1480. The fraction of sp³-hybridized carbons (Fsp3) is 0.138. The predicted molar refractivity (Wildman–Crippen MR) is 140 cm³/mol. The standard InChI is InChI=1S/C29H23ClN2O3/c1-18(29(33)34)17-35-28-24-3-2-14-31-26(24)13-9-20-6-4-19(15-25(20)28)5-11-23-12-8-21-7-10-22(30)16-27(21)32-23/h2-16,18,28H,17H2,1H3,(H,33,34)/b11-5+. The van der Waals surface area contributed by atoms with Crippen LogP contribution in [0.3, 0.4) is 0 Å². The summed E-state index contributed by atoms with van der Waals surface area (Å²) in [6, 6.07) is 19.7. The third-order valence-corrected chi connectivity index (χ3v) is 6.26. The zero-order valence-electron chi connectivity index (χ0n) is 19.1. The van der Waals surface area contributed by atoms with Gasteiger partial charge >= 0.3 is 5.97 Å². The predicted octanol–water partition coefficient (Wildman–Crippen LogP) is 6.76. The number of fused-ring (bicyclic) bond motifs is 3. The van der Waals surface area contributed by atoms with Gasteiger partial charge < -0.3 is 9.84 Å². The van der Waals surface area contributed by atoms with Gasteiger partial charge in [-0.25, -0.2) is 4.98 Å². The molecule has 1 aliphatic carbocycles. The van der Waals surface area contributed by atoms with Crippen molar-refractivity contribution < 1.29 is 14.6 Å². The van der Waals surface area contributed by atoms with Crippen LogP contribution in [0, 0.1) is 5.92 Å². The molecule has 2 heterocycles. The monoisotopic (exact) mass is 482 g/mol. The van der Waals surface area contributed by atoms with E-state index in [9.17, 15) is 9.90 Å². The number of hydrogen-bond donors (Lipinski definition) is 1. The molecular formula is C29H23ClN2O3. The van der Waals surface area contributed by atoms with Crippen molar-refractivity contribution in [2.45, 2.75) is 13.0 Å².